The van der Waals surface area contributed by atoms with Gasteiger partial charge < -0.3 is 10.1 Å². The molecule has 0 radical (unpaired) electrons. The third-order valence-corrected chi connectivity index (χ3v) is 5.97. The molecule has 0 unspecified atom stereocenters. The molecule has 2 aromatic rings. The van der Waals surface area contributed by atoms with Gasteiger partial charge in [0.15, 0.2) is 18.2 Å². The molecule has 0 bridgehead atoms. The highest BCUT2D eigenvalue weighted by Gasteiger charge is 2.15. The van der Waals surface area contributed by atoms with E-state index in [9.17, 15) is 19.2 Å². The molecule has 0 saturated carbocycles. The summed E-state index contributed by atoms with van der Waals surface area (Å²) in [6, 6.07) is 9.20. The van der Waals surface area contributed by atoms with Crippen LogP contribution in [-0.4, -0.2) is 36.6 Å². The summed E-state index contributed by atoms with van der Waals surface area (Å²) in [5, 5.41) is 4.41. The summed E-state index contributed by atoms with van der Waals surface area (Å²) in [6.07, 6.45) is 4.52. The van der Waals surface area contributed by atoms with Gasteiger partial charge in [-0.3, -0.25) is 19.2 Å². The highest BCUT2D eigenvalue weighted by molar-refractivity contribution is 7.12. The van der Waals surface area contributed by atoms with Crippen LogP contribution in [-0.2, 0) is 27.2 Å². The Morgan fingerprint density at radius 3 is 2.50 bits per heavy atom. The van der Waals surface area contributed by atoms with E-state index in [0.717, 1.165) is 19.3 Å². The third kappa shape index (κ3) is 6.35. The molecule has 1 amide bonds. The van der Waals surface area contributed by atoms with Crippen LogP contribution in [0.25, 0.3) is 0 Å². The number of ketones is 2. The summed E-state index contributed by atoms with van der Waals surface area (Å²) in [4.78, 5) is 48.4. The molecule has 1 aromatic heterocycles. The quantitative estimate of drug-likeness (QED) is 0.463. The first-order valence-corrected chi connectivity index (χ1v) is 11.0. The number of Topliss-reactive ketones (excluding diaryl/α,β-unsaturated/α-hetero) is 2. The van der Waals surface area contributed by atoms with Crippen LogP contribution >= 0.6 is 11.3 Å². The summed E-state index contributed by atoms with van der Waals surface area (Å²) < 4.78 is 5.04. The first kappa shape index (κ1) is 21.9. The lowest BCUT2D eigenvalue weighted by Gasteiger charge is -2.16. The molecule has 30 heavy (non-hydrogen) atoms. The fourth-order valence-electron chi connectivity index (χ4n) is 3.39. The average molecular weight is 428 g/mol. The van der Waals surface area contributed by atoms with E-state index in [1.54, 1.807) is 18.2 Å². The van der Waals surface area contributed by atoms with Crippen molar-refractivity contribution in [1.82, 2.24) is 5.32 Å². The van der Waals surface area contributed by atoms with Gasteiger partial charge in [0, 0.05) is 24.9 Å². The monoisotopic (exact) mass is 427 g/mol. The van der Waals surface area contributed by atoms with Crippen LogP contribution in [0.2, 0.25) is 0 Å². The number of hydrogen-bond acceptors (Lipinski definition) is 6. The zero-order valence-corrected chi connectivity index (χ0v) is 17.6. The van der Waals surface area contributed by atoms with Gasteiger partial charge in [-0.2, -0.15) is 0 Å². The molecule has 1 heterocycles. The number of benzene rings is 1. The zero-order valence-electron chi connectivity index (χ0n) is 16.8. The molecule has 3 rings (SSSR count). The number of esters is 1. The molecule has 0 saturated heterocycles. The minimum absolute atomic E-state index is 0.0257. The van der Waals surface area contributed by atoms with Crippen molar-refractivity contribution in [1.29, 1.82) is 0 Å². The number of aryl methyl sites for hydroxylation is 2. The Labute approximate surface area is 179 Å². The van der Waals surface area contributed by atoms with Crippen LogP contribution < -0.4 is 5.32 Å². The number of fused-ring (bicyclic) bond motifs is 1. The van der Waals surface area contributed by atoms with Crippen LogP contribution in [0.15, 0.2) is 35.7 Å². The number of thiophene rings is 1. The summed E-state index contributed by atoms with van der Waals surface area (Å²) in [6.45, 7) is -0.196. The van der Waals surface area contributed by atoms with E-state index in [0.29, 0.717) is 10.4 Å². The second kappa shape index (κ2) is 10.8. The van der Waals surface area contributed by atoms with E-state index in [1.807, 2.05) is 17.5 Å². The van der Waals surface area contributed by atoms with Crippen molar-refractivity contribution >= 4 is 34.8 Å². The van der Waals surface area contributed by atoms with E-state index in [-0.39, 0.29) is 49.9 Å². The zero-order chi connectivity index (χ0) is 21.3. The van der Waals surface area contributed by atoms with Crippen molar-refractivity contribution < 1.29 is 23.9 Å². The molecule has 0 spiro atoms. The van der Waals surface area contributed by atoms with E-state index in [2.05, 4.69) is 5.32 Å². The van der Waals surface area contributed by atoms with Crippen LogP contribution in [0.4, 0.5) is 0 Å². The third-order valence-electron chi connectivity index (χ3n) is 5.06. The van der Waals surface area contributed by atoms with Gasteiger partial charge in [0.2, 0.25) is 5.91 Å². The average Bonchev–Trinajstić information content (AvgIpc) is 3.30. The molecule has 0 atom stereocenters. The fourth-order valence-corrected chi connectivity index (χ4v) is 4.08. The van der Waals surface area contributed by atoms with Gasteiger partial charge in [-0.25, -0.2) is 0 Å². The lowest BCUT2D eigenvalue weighted by atomic mass is 9.90. The van der Waals surface area contributed by atoms with E-state index in [1.165, 1.54) is 28.9 Å². The number of carbonyl (C=O) groups excluding carboxylic acids is 4. The van der Waals surface area contributed by atoms with Crippen molar-refractivity contribution in [2.24, 2.45) is 0 Å². The molecule has 1 aliphatic rings. The predicted octanol–water partition coefficient (Wildman–Crippen LogP) is 3.52. The molecular formula is C23H25NO5S. The van der Waals surface area contributed by atoms with Gasteiger partial charge in [0.1, 0.15) is 0 Å². The van der Waals surface area contributed by atoms with Crippen LogP contribution in [0, 0.1) is 0 Å². The summed E-state index contributed by atoms with van der Waals surface area (Å²) in [5.74, 6) is -1.14. The first-order chi connectivity index (χ1) is 14.5. The van der Waals surface area contributed by atoms with E-state index in [4.69, 9.17) is 4.74 Å². The van der Waals surface area contributed by atoms with Crippen molar-refractivity contribution in [3.05, 3.63) is 57.3 Å². The Morgan fingerprint density at radius 2 is 1.73 bits per heavy atom. The maximum atomic E-state index is 12.3. The van der Waals surface area contributed by atoms with Crippen molar-refractivity contribution in [2.45, 2.75) is 44.9 Å². The molecule has 6 nitrogen and oxygen atoms in total. The highest BCUT2D eigenvalue weighted by Crippen LogP contribution is 2.22. The predicted molar refractivity (Wildman–Crippen MR) is 114 cm³/mol. The smallest absolute Gasteiger partial charge is 0.308 e. The van der Waals surface area contributed by atoms with Crippen molar-refractivity contribution in [3.8, 4) is 0 Å². The number of carbonyl (C=O) groups is 4. The minimum atomic E-state index is -0.545. The maximum absolute atomic E-state index is 12.3. The lowest BCUT2D eigenvalue weighted by molar-refractivity contribution is -0.142. The molecule has 0 aliphatic heterocycles. The Bertz CT molecular complexity index is 920. The Balaban J connectivity index is 1.32. The molecule has 0 fully saturated rings. The summed E-state index contributed by atoms with van der Waals surface area (Å²) in [5.41, 5.74) is 3.06. The number of nitrogens with one attached hydrogen (secondary N) is 1. The van der Waals surface area contributed by atoms with Crippen LogP contribution in [0.1, 0.15) is 63.3 Å². The highest BCUT2D eigenvalue weighted by atomic mass is 32.1. The Hall–Kier alpha value is -2.80. The van der Waals surface area contributed by atoms with Gasteiger partial charge in [-0.05, 0) is 54.3 Å². The first-order valence-electron chi connectivity index (χ1n) is 10.2. The topological polar surface area (TPSA) is 89.5 Å². The van der Waals surface area contributed by atoms with Crippen LogP contribution in [0.3, 0.4) is 0 Å². The second-order valence-corrected chi connectivity index (χ2v) is 8.22. The van der Waals surface area contributed by atoms with Crippen molar-refractivity contribution in [3.63, 3.8) is 0 Å². The Kier molecular flexibility index (Phi) is 7.90. The molecule has 7 heteroatoms. The summed E-state index contributed by atoms with van der Waals surface area (Å²) >= 11 is 1.35. The SMILES string of the molecule is O=C(CCC(=O)c1cccs1)NCCC(=O)OCC(=O)c1ccc2c(c1)CCCC2. The number of amides is 1. The van der Waals surface area contributed by atoms with E-state index >= 15 is 0 Å². The molecule has 158 valence electrons. The number of ether oxygens (including phenoxy) is 1. The molecule has 1 aromatic carbocycles. The maximum Gasteiger partial charge on any atom is 0.308 e. The number of hydrogen-bond donors (Lipinski definition) is 1. The molecule has 1 aliphatic carbocycles. The molecule has 1 N–H and O–H groups in total. The standard InChI is InChI=1S/C23H25NO5S/c25-19(21-6-3-13-30-21)9-10-22(27)24-12-11-23(28)29-15-20(26)18-8-7-16-4-1-2-5-17(16)14-18/h3,6-8,13-14H,1-2,4-5,9-12,15H2,(H,24,27). The second-order valence-electron chi connectivity index (χ2n) is 7.27. The number of rotatable bonds is 10. The minimum Gasteiger partial charge on any atom is -0.457 e. The van der Waals surface area contributed by atoms with Gasteiger partial charge in [0.25, 0.3) is 0 Å². The van der Waals surface area contributed by atoms with Gasteiger partial charge in [-0.15, -0.1) is 11.3 Å². The van der Waals surface area contributed by atoms with Crippen molar-refractivity contribution in [2.75, 3.05) is 13.2 Å². The van der Waals surface area contributed by atoms with E-state index < -0.39 is 5.97 Å². The Morgan fingerprint density at radius 1 is 0.933 bits per heavy atom. The summed E-state index contributed by atoms with van der Waals surface area (Å²) in [7, 11) is 0. The van der Waals surface area contributed by atoms with Gasteiger partial charge in [-0.1, -0.05) is 18.2 Å². The van der Waals surface area contributed by atoms with Gasteiger partial charge >= 0.3 is 5.97 Å². The normalized spacial score (nSPS) is 12.7. The van der Waals surface area contributed by atoms with Gasteiger partial charge in [0.05, 0.1) is 11.3 Å². The van der Waals surface area contributed by atoms with Crippen LogP contribution in [0.5, 0.6) is 0 Å². The largest absolute Gasteiger partial charge is 0.457 e. The molecular weight excluding hydrogens is 402 g/mol. The lowest BCUT2D eigenvalue weighted by Crippen LogP contribution is -2.27. The fraction of sp³-hybridized carbons (Fsp3) is 0.391.